The standard InChI is InChI=1S/C20H18BrFN2O/c21-16-6-4-15(5-7-16)20(10-1-11-20)24-13-19-23-12-18(25-19)14-2-8-17(22)9-3-14/h2-9,12,24H,1,10-11,13H2. The first kappa shape index (κ1) is 16.5. The molecule has 1 N–H and O–H groups in total. The van der Waals surface area contributed by atoms with Gasteiger partial charge in [-0.1, -0.05) is 28.1 Å². The molecule has 2 aromatic carbocycles. The van der Waals surface area contributed by atoms with Gasteiger partial charge >= 0.3 is 0 Å². The summed E-state index contributed by atoms with van der Waals surface area (Å²) in [6, 6.07) is 14.7. The Kier molecular flexibility index (Phi) is 4.44. The minimum Gasteiger partial charge on any atom is -0.439 e. The average molecular weight is 401 g/mol. The van der Waals surface area contributed by atoms with E-state index in [1.807, 2.05) is 0 Å². The van der Waals surface area contributed by atoms with E-state index in [2.05, 4.69) is 50.5 Å². The molecule has 0 amide bonds. The lowest BCUT2D eigenvalue weighted by atomic mass is 9.72. The zero-order chi connectivity index (χ0) is 17.3. The molecular formula is C20H18BrFN2O. The Morgan fingerprint density at radius 2 is 1.80 bits per heavy atom. The summed E-state index contributed by atoms with van der Waals surface area (Å²) in [5.74, 6) is 1.04. The number of hydrogen-bond donors (Lipinski definition) is 1. The summed E-state index contributed by atoms with van der Waals surface area (Å²) in [6.45, 7) is 0.567. The molecule has 0 unspecified atom stereocenters. The van der Waals surface area contributed by atoms with Crippen LogP contribution >= 0.6 is 15.9 Å². The first-order valence-corrected chi connectivity index (χ1v) is 9.16. The lowest BCUT2D eigenvalue weighted by Crippen LogP contribution is -2.47. The van der Waals surface area contributed by atoms with Gasteiger partial charge in [-0.3, -0.25) is 5.32 Å². The molecule has 25 heavy (non-hydrogen) atoms. The quantitative estimate of drug-likeness (QED) is 0.621. The largest absolute Gasteiger partial charge is 0.439 e. The summed E-state index contributed by atoms with van der Waals surface area (Å²) in [4.78, 5) is 4.35. The predicted molar refractivity (Wildman–Crippen MR) is 98.4 cm³/mol. The molecule has 1 heterocycles. The van der Waals surface area contributed by atoms with Crippen LogP contribution in [0.5, 0.6) is 0 Å². The Balaban J connectivity index is 1.47. The molecule has 1 aromatic heterocycles. The van der Waals surface area contributed by atoms with Crippen LogP contribution in [0.2, 0.25) is 0 Å². The number of hydrogen-bond acceptors (Lipinski definition) is 3. The number of oxazole rings is 1. The van der Waals surface area contributed by atoms with Crippen LogP contribution < -0.4 is 5.32 Å². The zero-order valence-corrected chi connectivity index (χ0v) is 15.2. The highest BCUT2D eigenvalue weighted by Gasteiger charge is 2.38. The smallest absolute Gasteiger partial charge is 0.208 e. The van der Waals surface area contributed by atoms with Crippen LogP contribution in [0.3, 0.4) is 0 Å². The molecule has 0 aliphatic heterocycles. The van der Waals surface area contributed by atoms with Gasteiger partial charge in [0.05, 0.1) is 12.7 Å². The molecule has 0 spiro atoms. The normalized spacial score (nSPS) is 15.8. The molecule has 1 aliphatic carbocycles. The summed E-state index contributed by atoms with van der Waals surface area (Å²) in [6.07, 6.45) is 5.13. The highest BCUT2D eigenvalue weighted by molar-refractivity contribution is 9.10. The van der Waals surface area contributed by atoms with Crippen molar-refractivity contribution in [2.45, 2.75) is 31.3 Å². The van der Waals surface area contributed by atoms with Crippen molar-refractivity contribution in [3.63, 3.8) is 0 Å². The van der Waals surface area contributed by atoms with Crippen LogP contribution in [-0.4, -0.2) is 4.98 Å². The maximum absolute atomic E-state index is 13.0. The number of rotatable bonds is 5. The van der Waals surface area contributed by atoms with Gasteiger partial charge in [0.25, 0.3) is 0 Å². The van der Waals surface area contributed by atoms with Crippen LogP contribution in [0.15, 0.2) is 63.6 Å². The topological polar surface area (TPSA) is 38.1 Å². The summed E-state index contributed by atoms with van der Waals surface area (Å²) >= 11 is 3.49. The molecule has 1 fully saturated rings. The number of aromatic nitrogens is 1. The van der Waals surface area contributed by atoms with E-state index in [9.17, 15) is 4.39 Å². The van der Waals surface area contributed by atoms with Gasteiger partial charge in [-0.15, -0.1) is 0 Å². The zero-order valence-electron chi connectivity index (χ0n) is 13.6. The van der Waals surface area contributed by atoms with Crippen LogP contribution in [0.25, 0.3) is 11.3 Å². The van der Waals surface area contributed by atoms with E-state index in [0.29, 0.717) is 18.2 Å². The second kappa shape index (κ2) is 6.73. The fourth-order valence-electron chi connectivity index (χ4n) is 3.25. The van der Waals surface area contributed by atoms with E-state index >= 15 is 0 Å². The van der Waals surface area contributed by atoms with Crippen molar-refractivity contribution >= 4 is 15.9 Å². The molecule has 1 saturated carbocycles. The average Bonchev–Trinajstić information content (AvgIpc) is 3.05. The van der Waals surface area contributed by atoms with Gasteiger partial charge in [-0.25, -0.2) is 9.37 Å². The highest BCUT2D eigenvalue weighted by Crippen LogP contribution is 2.41. The highest BCUT2D eigenvalue weighted by atomic mass is 79.9. The fourth-order valence-corrected chi connectivity index (χ4v) is 3.52. The lowest BCUT2D eigenvalue weighted by molar-refractivity contribution is 0.177. The van der Waals surface area contributed by atoms with Gasteiger partial charge in [-0.05, 0) is 61.2 Å². The number of benzene rings is 2. The second-order valence-corrected chi connectivity index (χ2v) is 7.34. The molecule has 128 valence electrons. The van der Waals surface area contributed by atoms with Crippen molar-refractivity contribution in [1.82, 2.24) is 10.3 Å². The molecular weight excluding hydrogens is 383 g/mol. The summed E-state index contributed by atoms with van der Waals surface area (Å²) in [5.41, 5.74) is 2.13. The molecule has 3 nitrogen and oxygen atoms in total. The van der Waals surface area contributed by atoms with Gasteiger partial charge < -0.3 is 4.42 Å². The molecule has 0 bridgehead atoms. The molecule has 0 atom stereocenters. The van der Waals surface area contributed by atoms with Gasteiger partial charge in [0.2, 0.25) is 5.89 Å². The number of nitrogens with zero attached hydrogens (tertiary/aromatic N) is 1. The van der Waals surface area contributed by atoms with Crippen molar-refractivity contribution in [1.29, 1.82) is 0 Å². The maximum Gasteiger partial charge on any atom is 0.208 e. The van der Waals surface area contributed by atoms with Crippen molar-refractivity contribution < 1.29 is 8.81 Å². The Morgan fingerprint density at radius 1 is 1.08 bits per heavy atom. The minimum atomic E-state index is -0.258. The maximum atomic E-state index is 13.0. The first-order valence-electron chi connectivity index (χ1n) is 8.36. The molecule has 1 aliphatic rings. The van der Waals surface area contributed by atoms with E-state index < -0.39 is 0 Å². The molecule has 0 radical (unpaired) electrons. The van der Waals surface area contributed by atoms with Gasteiger partial charge in [-0.2, -0.15) is 0 Å². The fraction of sp³-hybridized carbons (Fsp3) is 0.250. The third-order valence-corrected chi connectivity index (χ3v) is 5.39. The Hall–Kier alpha value is -1.98. The molecule has 4 rings (SSSR count). The van der Waals surface area contributed by atoms with E-state index in [-0.39, 0.29) is 11.4 Å². The third kappa shape index (κ3) is 3.39. The lowest BCUT2D eigenvalue weighted by Gasteiger charge is -2.43. The monoisotopic (exact) mass is 400 g/mol. The Bertz CT molecular complexity index is 854. The van der Waals surface area contributed by atoms with Crippen LogP contribution in [0.1, 0.15) is 30.7 Å². The predicted octanol–water partition coefficient (Wildman–Crippen LogP) is 5.41. The number of halogens is 2. The van der Waals surface area contributed by atoms with Crippen LogP contribution in [-0.2, 0) is 12.1 Å². The molecule has 5 heteroatoms. The van der Waals surface area contributed by atoms with E-state index in [0.717, 1.165) is 22.9 Å². The third-order valence-electron chi connectivity index (χ3n) is 4.86. The van der Waals surface area contributed by atoms with Crippen molar-refractivity contribution in [2.75, 3.05) is 0 Å². The molecule has 0 saturated heterocycles. The first-order chi connectivity index (χ1) is 12.1. The van der Waals surface area contributed by atoms with Crippen LogP contribution in [0, 0.1) is 5.82 Å². The van der Waals surface area contributed by atoms with Gasteiger partial charge in [0.1, 0.15) is 5.82 Å². The summed E-state index contributed by atoms with van der Waals surface area (Å²) in [5, 5.41) is 3.63. The minimum absolute atomic E-state index is 0.00517. The Morgan fingerprint density at radius 3 is 2.44 bits per heavy atom. The van der Waals surface area contributed by atoms with E-state index in [1.165, 1.54) is 24.1 Å². The van der Waals surface area contributed by atoms with Crippen LogP contribution in [0.4, 0.5) is 4.39 Å². The SMILES string of the molecule is Fc1ccc(-c2cnc(CNC3(c4ccc(Br)cc4)CCC3)o2)cc1. The van der Waals surface area contributed by atoms with E-state index in [1.54, 1.807) is 18.3 Å². The second-order valence-electron chi connectivity index (χ2n) is 6.42. The van der Waals surface area contributed by atoms with Crippen molar-refractivity contribution in [3.05, 3.63) is 76.5 Å². The number of nitrogens with one attached hydrogen (secondary N) is 1. The van der Waals surface area contributed by atoms with Crippen molar-refractivity contribution in [3.8, 4) is 11.3 Å². The van der Waals surface area contributed by atoms with Gasteiger partial charge in [0, 0.05) is 15.6 Å². The van der Waals surface area contributed by atoms with Gasteiger partial charge in [0.15, 0.2) is 5.76 Å². The van der Waals surface area contributed by atoms with E-state index in [4.69, 9.17) is 4.42 Å². The molecule has 3 aromatic rings. The Labute approximate surface area is 154 Å². The summed E-state index contributed by atoms with van der Waals surface area (Å²) < 4.78 is 19.9. The van der Waals surface area contributed by atoms with Crippen molar-refractivity contribution in [2.24, 2.45) is 0 Å². The summed E-state index contributed by atoms with van der Waals surface area (Å²) in [7, 11) is 0.